The van der Waals surface area contributed by atoms with Gasteiger partial charge in [0.2, 0.25) is 5.95 Å². The van der Waals surface area contributed by atoms with Gasteiger partial charge in [-0.2, -0.15) is 5.26 Å². The molecule has 2 aromatic rings. The molecule has 0 aliphatic heterocycles. The summed E-state index contributed by atoms with van der Waals surface area (Å²) in [5, 5.41) is 8.53. The summed E-state index contributed by atoms with van der Waals surface area (Å²) in [5.41, 5.74) is 0.848. The molecule has 2 rings (SSSR count). The molecule has 18 heavy (non-hydrogen) atoms. The highest BCUT2D eigenvalue weighted by Crippen LogP contribution is 2.21. The van der Waals surface area contributed by atoms with E-state index in [0.717, 1.165) is 17.1 Å². The van der Waals surface area contributed by atoms with Gasteiger partial charge < -0.3 is 9.32 Å². The van der Waals surface area contributed by atoms with E-state index in [1.54, 1.807) is 12.4 Å². The van der Waals surface area contributed by atoms with E-state index < -0.39 is 0 Å². The number of furan rings is 1. The molecule has 0 saturated heterocycles. The topological polar surface area (TPSA) is 66.0 Å². The van der Waals surface area contributed by atoms with Crippen molar-refractivity contribution in [2.24, 2.45) is 0 Å². The lowest BCUT2D eigenvalue weighted by Gasteiger charge is -2.14. The number of hydrogen-bond donors (Lipinski definition) is 0. The average molecular weight is 242 g/mol. The fourth-order valence-electron chi connectivity index (χ4n) is 1.55. The van der Waals surface area contributed by atoms with Crippen molar-refractivity contribution in [2.75, 3.05) is 18.5 Å². The molecular weight excluding hydrogens is 228 g/mol. The summed E-state index contributed by atoms with van der Waals surface area (Å²) in [6, 6.07) is 5.90. The largest absolute Gasteiger partial charge is 0.461 e. The van der Waals surface area contributed by atoms with Gasteiger partial charge in [0.25, 0.3) is 0 Å². The Morgan fingerprint density at radius 1 is 1.33 bits per heavy atom. The summed E-state index contributed by atoms with van der Waals surface area (Å²) >= 11 is 0. The third-order valence-corrected chi connectivity index (χ3v) is 2.56. The highest BCUT2D eigenvalue weighted by Gasteiger charge is 2.07. The second-order valence-corrected chi connectivity index (χ2v) is 4.01. The van der Waals surface area contributed by atoms with Crippen LogP contribution in [-0.2, 0) is 0 Å². The summed E-state index contributed by atoms with van der Waals surface area (Å²) in [7, 11) is 1.86. The van der Waals surface area contributed by atoms with Gasteiger partial charge in [-0.1, -0.05) is 0 Å². The zero-order valence-corrected chi connectivity index (χ0v) is 10.4. The van der Waals surface area contributed by atoms with Gasteiger partial charge in [0.1, 0.15) is 11.5 Å². The molecule has 0 aromatic carbocycles. The third-order valence-electron chi connectivity index (χ3n) is 2.56. The van der Waals surface area contributed by atoms with Crippen molar-refractivity contribution in [1.82, 2.24) is 9.97 Å². The Morgan fingerprint density at radius 2 is 2.06 bits per heavy atom. The first-order valence-electron chi connectivity index (χ1n) is 5.67. The average Bonchev–Trinajstić information content (AvgIpc) is 2.83. The molecule has 0 radical (unpaired) electrons. The molecule has 0 unspecified atom stereocenters. The molecule has 2 heterocycles. The second kappa shape index (κ2) is 5.32. The summed E-state index contributed by atoms with van der Waals surface area (Å²) in [6.07, 6.45) is 3.91. The van der Waals surface area contributed by atoms with Crippen molar-refractivity contribution < 1.29 is 4.42 Å². The highest BCUT2D eigenvalue weighted by atomic mass is 16.3. The minimum Gasteiger partial charge on any atom is -0.461 e. The van der Waals surface area contributed by atoms with Crippen LogP contribution in [0.1, 0.15) is 12.2 Å². The molecule has 0 atom stereocenters. The van der Waals surface area contributed by atoms with Crippen LogP contribution in [0.2, 0.25) is 0 Å². The first kappa shape index (κ1) is 12.1. The van der Waals surface area contributed by atoms with E-state index in [1.165, 1.54) is 0 Å². The number of nitriles is 1. The smallest absolute Gasteiger partial charge is 0.225 e. The van der Waals surface area contributed by atoms with E-state index in [1.807, 2.05) is 31.0 Å². The van der Waals surface area contributed by atoms with Gasteiger partial charge in [0.15, 0.2) is 0 Å². The molecule has 2 aromatic heterocycles. The lowest BCUT2D eigenvalue weighted by atomic mass is 10.3. The van der Waals surface area contributed by atoms with Crippen molar-refractivity contribution >= 4 is 5.95 Å². The van der Waals surface area contributed by atoms with E-state index in [9.17, 15) is 0 Å². The fourth-order valence-corrected chi connectivity index (χ4v) is 1.55. The molecule has 0 saturated carbocycles. The zero-order chi connectivity index (χ0) is 13.0. The quantitative estimate of drug-likeness (QED) is 0.823. The van der Waals surface area contributed by atoms with E-state index >= 15 is 0 Å². The van der Waals surface area contributed by atoms with Crippen LogP contribution in [0.15, 0.2) is 28.9 Å². The van der Waals surface area contributed by atoms with Crippen LogP contribution in [0, 0.1) is 18.3 Å². The zero-order valence-electron chi connectivity index (χ0n) is 10.4. The van der Waals surface area contributed by atoms with Crippen LogP contribution in [0.5, 0.6) is 0 Å². The molecule has 5 nitrogen and oxygen atoms in total. The van der Waals surface area contributed by atoms with Crippen LogP contribution in [0.25, 0.3) is 11.3 Å². The Kier molecular flexibility index (Phi) is 3.58. The Hall–Kier alpha value is -2.35. The van der Waals surface area contributed by atoms with Crippen LogP contribution < -0.4 is 4.90 Å². The van der Waals surface area contributed by atoms with E-state index in [2.05, 4.69) is 16.0 Å². The predicted octanol–water partition coefficient (Wildman–Crippen LogP) is 2.39. The summed E-state index contributed by atoms with van der Waals surface area (Å²) < 4.78 is 5.50. The molecule has 0 N–H and O–H groups in total. The number of hydrogen-bond acceptors (Lipinski definition) is 5. The van der Waals surface area contributed by atoms with Crippen LogP contribution in [-0.4, -0.2) is 23.6 Å². The molecule has 0 amide bonds. The minimum absolute atomic E-state index is 0.457. The van der Waals surface area contributed by atoms with Crippen molar-refractivity contribution in [1.29, 1.82) is 5.26 Å². The predicted molar refractivity (Wildman–Crippen MR) is 68.0 cm³/mol. The molecule has 92 valence electrons. The van der Waals surface area contributed by atoms with Gasteiger partial charge in [-0.05, 0) is 19.1 Å². The van der Waals surface area contributed by atoms with Gasteiger partial charge >= 0.3 is 0 Å². The van der Waals surface area contributed by atoms with Crippen molar-refractivity contribution in [3.63, 3.8) is 0 Å². The Morgan fingerprint density at radius 3 is 2.61 bits per heavy atom. The van der Waals surface area contributed by atoms with Crippen molar-refractivity contribution in [3.8, 4) is 17.4 Å². The first-order chi connectivity index (χ1) is 8.70. The lowest BCUT2D eigenvalue weighted by Crippen LogP contribution is -2.20. The molecular formula is C13H14N4O. The number of nitrogens with zero attached hydrogens (tertiary/aromatic N) is 4. The number of aromatic nitrogens is 2. The van der Waals surface area contributed by atoms with Gasteiger partial charge in [0, 0.05) is 26.0 Å². The first-order valence-corrected chi connectivity index (χ1v) is 5.67. The number of aryl methyl sites for hydroxylation is 1. The van der Waals surface area contributed by atoms with Crippen LogP contribution >= 0.6 is 0 Å². The highest BCUT2D eigenvalue weighted by molar-refractivity contribution is 5.55. The molecule has 0 fully saturated rings. The lowest BCUT2D eigenvalue weighted by molar-refractivity contribution is 0.548. The molecule has 5 heteroatoms. The van der Waals surface area contributed by atoms with Gasteiger partial charge in [-0.15, -0.1) is 0 Å². The van der Waals surface area contributed by atoms with E-state index in [4.69, 9.17) is 9.68 Å². The van der Waals surface area contributed by atoms with Gasteiger partial charge in [-0.3, -0.25) is 0 Å². The SMILES string of the molecule is Cc1ccc(-c2cnc(N(C)CCC#N)nc2)o1. The fraction of sp³-hybridized carbons (Fsp3) is 0.308. The summed E-state index contributed by atoms with van der Waals surface area (Å²) in [6.45, 7) is 2.52. The van der Waals surface area contributed by atoms with Crippen molar-refractivity contribution in [3.05, 3.63) is 30.3 Å². The van der Waals surface area contributed by atoms with Crippen LogP contribution in [0.3, 0.4) is 0 Å². The maximum Gasteiger partial charge on any atom is 0.225 e. The van der Waals surface area contributed by atoms with Crippen molar-refractivity contribution in [2.45, 2.75) is 13.3 Å². The Labute approximate surface area is 106 Å². The molecule has 0 aliphatic rings. The van der Waals surface area contributed by atoms with Gasteiger partial charge in [0.05, 0.1) is 18.1 Å². The standard InChI is InChI=1S/C13H14N4O/c1-10-4-5-12(18-10)11-8-15-13(16-9-11)17(2)7-3-6-14/h4-5,8-9H,3,7H2,1-2H3. The van der Waals surface area contributed by atoms with E-state index in [0.29, 0.717) is 18.9 Å². The monoisotopic (exact) mass is 242 g/mol. The number of rotatable bonds is 4. The summed E-state index contributed by atoms with van der Waals surface area (Å²) in [4.78, 5) is 10.4. The third kappa shape index (κ3) is 2.66. The van der Waals surface area contributed by atoms with Gasteiger partial charge in [-0.25, -0.2) is 9.97 Å². The Bertz CT molecular complexity index is 553. The summed E-state index contributed by atoms with van der Waals surface area (Å²) in [5.74, 6) is 2.23. The maximum atomic E-state index is 8.53. The van der Waals surface area contributed by atoms with Crippen LogP contribution in [0.4, 0.5) is 5.95 Å². The normalized spacial score (nSPS) is 10.1. The van der Waals surface area contributed by atoms with E-state index in [-0.39, 0.29) is 0 Å². The number of anilines is 1. The minimum atomic E-state index is 0.457. The maximum absolute atomic E-state index is 8.53. The molecule has 0 spiro atoms. The molecule has 0 aliphatic carbocycles. The molecule has 0 bridgehead atoms. The Balaban J connectivity index is 2.13. The second-order valence-electron chi connectivity index (χ2n) is 4.01.